The second kappa shape index (κ2) is 6.82. The van der Waals surface area contributed by atoms with Gasteiger partial charge < -0.3 is 9.47 Å². The van der Waals surface area contributed by atoms with Crippen LogP contribution in [-0.4, -0.2) is 57.2 Å². The lowest BCUT2D eigenvalue weighted by atomic mass is 9.94. The molecule has 24 heavy (non-hydrogen) atoms. The summed E-state index contributed by atoms with van der Waals surface area (Å²) in [5.74, 6) is 3.74. The number of carbonyl (C=O) groups is 1. The zero-order valence-corrected chi connectivity index (χ0v) is 14.8. The van der Waals surface area contributed by atoms with Crippen LogP contribution in [0.4, 0.5) is 0 Å². The Kier molecular flexibility index (Phi) is 4.57. The molecule has 0 aromatic carbocycles. The fourth-order valence-electron chi connectivity index (χ4n) is 4.58. The van der Waals surface area contributed by atoms with E-state index in [0.29, 0.717) is 17.7 Å². The fraction of sp³-hybridized carbons (Fsp3) is 0.833. The first-order valence-corrected chi connectivity index (χ1v) is 9.59. The predicted octanol–water partition coefficient (Wildman–Crippen LogP) is 2.01. The van der Waals surface area contributed by atoms with Gasteiger partial charge in [-0.15, -0.1) is 10.2 Å². The van der Waals surface area contributed by atoms with Crippen molar-refractivity contribution >= 4 is 5.91 Å². The highest BCUT2D eigenvalue weighted by atomic mass is 16.2. The van der Waals surface area contributed by atoms with Gasteiger partial charge >= 0.3 is 0 Å². The van der Waals surface area contributed by atoms with Crippen LogP contribution in [0.2, 0.25) is 0 Å². The molecule has 0 unspecified atom stereocenters. The maximum atomic E-state index is 12.5. The Morgan fingerprint density at radius 2 is 1.79 bits per heavy atom. The fourth-order valence-corrected chi connectivity index (χ4v) is 4.58. The number of piperidine rings is 1. The van der Waals surface area contributed by atoms with Gasteiger partial charge in [-0.25, -0.2) is 0 Å². The number of fused-ring (bicyclic) bond motifs is 1. The molecule has 0 spiro atoms. The molecule has 1 aliphatic carbocycles. The molecule has 3 aliphatic rings. The molecule has 1 saturated carbocycles. The SMILES string of the molecule is CN1CCn2c(nnc2C2CCN(C(=O)CC3CCCC3)CC2)C1. The van der Waals surface area contributed by atoms with E-state index in [1.54, 1.807) is 0 Å². The molecule has 0 radical (unpaired) electrons. The Hall–Kier alpha value is -1.43. The Bertz CT molecular complexity index is 584. The summed E-state index contributed by atoms with van der Waals surface area (Å²) >= 11 is 0. The third-order valence-electron chi connectivity index (χ3n) is 6.12. The summed E-state index contributed by atoms with van der Waals surface area (Å²) in [4.78, 5) is 16.9. The molecule has 0 bridgehead atoms. The molecule has 2 fully saturated rings. The van der Waals surface area contributed by atoms with Gasteiger partial charge in [0.1, 0.15) is 11.6 Å². The second-order valence-electron chi connectivity index (χ2n) is 7.87. The van der Waals surface area contributed by atoms with E-state index in [9.17, 15) is 4.79 Å². The smallest absolute Gasteiger partial charge is 0.222 e. The topological polar surface area (TPSA) is 54.3 Å². The van der Waals surface area contributed by atoms with Crippen LogP contribution >= 0.6 is 0 Å². The minimum atomic E-state index is 0.380. The van der Waals surface area contributed by atoms with E-state index in [1.807, 2.05) is 0 Å². The van der Waals surface area contributed by atoms with Gasteiger partial charge in [0.25, 0.3) is 0 Å². The standard InChI is InChI=1S/C18H29N5O/c1-21-10-11-23-16(13-21)19-20-18(23)15-6-8-22(9-7-15)17(24)12-14-4-2-3-5-14/h14-15H,2-13H2,1H3. The van der Waals surface area contributed by atoms with E-state index >= 15 is 0 Å². The maximum absolute atomic E-state index is 12.5. The van der Waals surface area contributed by atoms with Crippen molar-refractivity contribution in [2.45, 2.75) is 64.0 Å². The van der Waals surface area contributed by atoms with E-state index in [4.69, 9.17) is 0 Å². The van der Waals surface area contributed by atoms with Crippen molar-refractivity contribution in [2.75, 3.05) is 26.7 Å². The highest BCUT2D eigenvalue weighted by Gasteiger charge is 2.30. The molecule has 1 saturated heterocycles. The summed E-state index contributed by atoms with van der Waals surface area (Å²) in [6, 6.07) is 0. The van der Waals surface area contributed by atoms with Crippen molar-refractivity contribution in [1.29, 1.82) is 0 Å². The number of amides is 1. The number of likely N-dealkylation sites (tertiary alicyclic amines) is 1. The van der Waals surface area contributed by atoms with Crippen molar-refractivity contribution < 1.29 is 4.79 Å². The molecule has 3 heterocycles. The lowest BCUT2D eigenvalue weighted by molar-refractivity contribution is -0.133. The van der Waals surface area contributed by atoms with Crippen molar-refractivity contribution in [1.82, 2.24) is 24.6 Å². The van der Waals surface area contributed by atoms with Gasteiger partial charge in [0, 0.05) is 38.5 Å². The van der Waals surface area contributed by atoms with Crippen molar-refractivity contribution in [3.63, 3.8) is 0 Å². The number of hydrogen-bond acceptors (Lipinski definition) is 4. The average molecular weight is 331 g/mol. The normalized spacial score (nSPS) is 23.6. The van der Waals surface area contributed by atoms with E-state index in [0.717, 1.165) is 63.6 Å². The Balaban J connectivity index is 1.34. The number of rotatable bonds is 3. The summed E-state index contributed by atoms with van der Waals surface area (Å²) < 4.78 is 2.32. The summed E-state index contributed by atoms with van der Waals surface area (Å²) in [5, 5.41) is 8.89. The molecule has 0 atom stereocenters. The zero-order chi connectivity index (χ0) is 16.5. The van der Waals surface area contributed by atoms with E-state index < -0.39 is 0 Å². The monoisotopic (exact) mass is 331 g/mol. The van der Waals surface area contributed by atoms with Gasteiger partial charge in [0.2, 0.25) is 5.91 Å². The van der Waals surface area contributed by atoms with Crippen molar-refractivity contribution in [2.24, 2.45) is 5.92 Å². The van der Waals surface area contributed by atoms with Crippen LogP contribution in [0.1, 0.15) is 62.5 Å². The van der Waals surface area contributed by atoms with Gasteiger partial charge in [-0.2, -0.15) is 0 Å². The average Bonchev–Trinajstić information content (AvgIpc) is 3.24. The third-order valence-corrected chi connectivity index (χ3v) is 6.12. The first-order valence-electron chi connectivity index (χ1n) is 9.59. The number of carbonyl (C=O) groups excluding carboxylic acids is 1. The summed E-state index contributed by atoms with van der Waals surface area (Å²) in [7, 11) is 2.13. The molecule has 1 aromatic heterocycles. The van der Waals surface area contributed by atoms with Gasteiger partial charge in [-0.1, -0.05) is 12.8 Å². The lowest BCUT2D eigenvalue weighted by Gasteiger charge is -2.33. The lowest BCUT2D eigenvalue weighted by Crippen LogP contribution is -2.39. The van der Waals surface area contributed by atoms with E-state index in [2.05, 4.69) is 31.6 Å². The quantitative estimate of drug-likeness (QED) is 0.850. The molecular weight excluding hydrogens is 302 g/mol. The zero-order valence-electron chi connectivity index (χ0n) is 14.8. The van der Waals surface area contributed by atoms with Crippen molar-refractivity contribution in [3.05, 3.63) is 11.6 Å². The highest BCUT2D eigenvalue weighted by molar-refractivity contribution is 5.76. The van der Waals surface area contributed by atoms with Crippen LogP contribution in [0.25, 0.3) is 0 Å². The largest absolute Gasteiger partial charge is 0.343 e. The molecular formula is C18H29N5O. The third kappa shape index (κ3) is 3.21. The molecule has 1 aromatic rings. The van der Waals surface area contributed by atoms with Gasteiger partial charge in [-0.05, 0) is 38.6 Å². The highest BCUT2D eigenvalue weighted by Crippen LogP contribution is 2.31. The minimum Gasteiger partial charge on any atom is -0.343 e. The number of hydrogen-bond donors (Lipinski definition) is 0. The Labute approximate surface area is 144 Å². The Morgan fingerprint density at radius 3 is 2.54 bits per heavy atom. The number of likely N-dealkylation sites (N-methyl/N-ethyl adjacent to an activating group) is 1. The van der Waals surface area contributed by atoms with Crippen LogP contribution in [0, 0.1) is 5.92 Å². The summed E-state index contributed by atoms with van der Waals surface area (Å²) in [6.07, 6.45) is 7.97. The molecule has 0 N–H and O–H groups in total. The van der Waals surface area contributed by atoms with Gasteiger partial charge in [0.15, 0.2) is 0 Å². The predicted molar refractivity (Wildman–Crippen MR) is 91.5 cm³/mol. The van der Waals surface area contributed by atoms with E-state index in [-0.39, 0.29) is 0 Å². The van der Waals surface area contributed by atoms with Gasteiger partial charge in [-0.3, -0.25) is 9.69 Å². The van der Waals surface area contributed by atoms with Crippen LogP contribution in [0.5, 0.6) is 0 Å². The van der Waals surface area contributed by atoms with Gasteiger partial charge in [0.05, 0.1) is 6.54 Å². The van der Waals surface area contributed by atoms with Crippen LogP contribution in [0.3, 0.4) is 0 Å². The molecule has 2 aliphatic heterocycles. The first-order chi connectivity index (χ1) is 11.7. The molecule has 6 nitrogen and oxygen atoms in total. The molecule has 6 heteroatoms. The molecule has 4 rings (SSSR count). The molecule has 1 amide bonds. The summed E-state index contributed by atoms with van der Waals surface area (Å²) in [5.41, 5.74) is 0. The van der Waals surface area contributed by atoms with Crippen LogP contribution in [-0.2, 0) is 17.9 Å². The first kappa shape index (κ1) is 16.1. The second-order valence-corrected chi connectivity index (χ2v) is 7.87. The number of nitrogens with zero attached hydrogens (tertiary/aromatic N) is 5. The Morgan fingerprint density at radius 1 is 1.04 bits per heavy atom. The summed E-state index contributed by atoms with van der Waals surface area (Å²) in [6.45, 7) is 4.73. The number of aromatic nitrogens is 3. The van der Waals surface area contributed by atoms with Crippen LogP contribution in [0.15, 0.2) is 0 Å². The van der Waals surface area contributed by atoms with E-state index in [1.165, 1.54) is 25.7 Å². The molecule has 132 valence electrons. The maximum Gasteiger partial charge on any atom is 0.222 e. The minimum absolute atomic E-state index is 0.380. The van der Waals surface area contributed by atoms with Crippen molar-refractivity contribution in [3.8, 4) is 0 Å². The van der Waals surface area contributed by atoms with Crippen LogP contribution < -0.4 is 0 Å².